The first kappa shape index (κ1) is 21.8. The van der Waals surface area contributed by atoms with E-state index in [0.717, 1.165) is 13.1 Å². The number of ether oxygens (including phenoxy) is 2. The molecule has 1 aliphatic rings. The molecule has 0 atom stereocenters. The number of carboxylic acids is 2. The van der Waals surface area contributed by atoms with E-state index in [1.807, 2.05) is 11.9 Å². The van der Waals surface area contributed by atoms with Crippen molar-refractivity contribution in [1.82, 2.24) is 14.9 Å². The van der Waals surface area contributed by atoms with Gasteiger partial charge in [-0.15, -0.1) is 0 Å². The molecule has 158 valence electrons. The monoisotopic (exact) mass is 411 g/mol. The van der Waals surface area contributed by atoms with E-state index in [4.69, 9.17) is 19.7 Å². The molecular formula is C16H21N5O8. The molecule has 0 bridgehead atoms. The van der Waals surface area contributed by atoms with Crippen molar-refractivity contribution in [2.24, 2.45) is 0 Å². The van der Waals surface area contributed by atoms with Gasteiger partial charge in [-0.3, -0.25) is 19.2 Å². The largest absolute Gasteiger partial charge is 0.481 e. The number of anilines is 2. The van der Waals surface area contributed by atoms with E-state index < -0.39 is 43.1 Å². The predicted molar refractivity (Wildman–Crippen MR) is 95.8 cm³/mol. The number of piperazine rings is 1. The molecule has 3 N–H and O–H groups in total. The van der Waals surface area contributed by atoms with Crippen molar-refractivity contribution < 1.29 is 38.9 Å². The summed E-state index contributed by atoms with van der Waals surface area (Å²) in [5.74, 6) is -4.73. The molecular weight excluding hydrogens is 390 g/mol. The summed E-state index contributed by atoms with van der Waals surface area (Å²) in [7, 11) is 2.00. The van der Waals surface area contributed by atoms with Crippen molar-refractivity contribution in [3.05, 3.63) is 12.3 Å². The molecule has 1 aliphatic heterocycles. The van der Waals surface area contributed by atoms with Gasteiger partial charge in [-0.05, 0) is 13.1 Å². The SMILES string of the molecule is CN1CCN(c2nccc(NC(OC(=O)CC(=O)O)OC(=O)CC(=O)O)n2)CC1. The van der Waals surface area contributed by atoms with Crippen LogP contribution in [0.2, 0.25) is 0 Å². The van der Waals surface area contributed by atoms with Crippen LogP contribution in [0.15, 0.2) is 12.3 Å². The normalized spacial score (nSPS) is 14.3. The Morgan fingerprint density at radius 3 is 2.14 bits per heavy atom. The minimum absolute atomic E-state index is 0.130. The lowest BCUT2D eigenvalue weighted by Crippen LogP contribution is -2.45. The molecule has 13 heteroatoms. The quantitative estimate of drug-likeness (QED) is 0.256. The van der Waals surface area contributed by atoms with Crippen molar-refractivity contribution in [2.45, 2.75) is 19.3 Å². The van der Waals surface area contributed by atoms with E-state index in [9.17, 15) is 19.2 Å². The highest BCUT2D eigenvalue weighted by Crippen LogP contribution is 2.14. The van der Waals surface area contributed by atoms with E-state index in [-0.39, 0.29) is 5.82 Å². The van der Waals surface area contributed by atoms with Crippen LogP contribution in [0.25, 0.3) is 0 Å². The van der Waals surface area contributed by atoms with Gasteiger partial charge in [0.25, 0.3) is 0 Å². The Morgan fingerprint density at radius 1 is 1.07 bits per heavy atom. The molecule has 1 fully saturated rings. The molecule has 0 spiro atoms. The van der Waals surface area contributed by atoms with Crippen molar-refractivity contribution in [3.8, 4) is 0 Å². The Morgan fingerprint density at radius 2 is 1.62 bits per heavy atom. The number of rotatable bonds is 9. The van der Waals surface area contributed by atoms with E-state index >= 15 is 0 Å². The molecule has 0 saturated carbocycles. The second-order valence-corrected chi connectivity index (χ2v) is 6.13. The summed E-state index contributed by atoms with van der Waals surface area (Å²) in [5, 5.41) is 19.8. The zero-order valence-corrected chi connectivity index (χ0v) is 15.6. The highest BCUT2D eigenvalue weighted by Gasteiger charge is 2.23. The number of carbonyl (C=O) groups is 4. The summed E-state index contributed by atoms with van der Waals surface area (Å²) >= 11 is 0. The smallest absolute Gasteiger partial charge is 0.330 e. The van der Waals surface area contributed by atoms with E-state index in [1.165, 1.54) is 12.3 Å². The van der Waals surface area contributed by atoms with Gasteiger partial charge in [-0.2, -0.15) is 4.98 Å². The van der Waals surface area contributed by atoms with Gasteiger partial charge in [-0.1, -0.05) is 0 Å². The fourth-order valence-corrected chi connectivity index (χ4v) is 2.36. The van der Waals surface area contributed by atoms with Crippen molar-refractivity contribution >= 4 is 35.6 Å². The Hall–Kier alpha value is -3.48. The van der Waals surface area contributed by atoms with E-state index in [1.54, 1.807) is 0 Å². The van der Waals surface area contributed by atoms with Gasteiger partial charge in [-0.25, -0.2) is 4.98 Å². The van der Waals surface area contributed by atoms with E-state index in [0.29, 0.717) is 19.0 Å². The molecule has 29 heavy (non-hydrogen) atoms. The van der Waals surface area contributed by atoms with E-state index in [2.05, 4.69) is 20.2 Å². The maximum absolute atomic E-state index is 11.6. The number of nitrogens with zero attached hydrogens (tertiary/aromatic N) is 4. The number of aromatic nitrogens is 2. The zero-order valence-electron chi connectivity index (χ0n) is 15.6. The second kappa shape index (κ2) is 10.2. The Labute approximate surface area is 165 Å². The van der Waals surface area contributed by atoms with Gasteiger partial charge in [0.15, 0.2) is 0 Å². The number of aliphatic carboxylic acids is 2. The van der Waals surface area contributed by atoms with Gasteiger partial charge in [0.05, 0.1) is 0 Å². The summed E-state index contributed by atoms with van der Waals surface area (Å²) in [6, 6.07) is 1.42. The zero-order chi connectivity index (χ0) is 21.4. The van der Waals surface area contributed by atoms with Crippen LogP contribution in [0.3, 0.4) is 0 Å². The molecule has 0 aliphatic carbocycles. The number of nitrogens with one attached hydrogen (secondary N) is 1. The van der Waals surface area contributed by atoms with Crippen LogP contribution in [-0.4, -0.2) is 88.6 Å². The number of hydrogen-bond donors (Lipinski definition) is 3. The summed E-state index contributed by atoms with van der Waals surface area (Å²) in [4.78, 5) is 57.0. The van der Waals surface area contributed by atoms with Crippen molar-refractivity contribution in [1.29, 1.82) is 0 Å². The lowest BCUT2D eigenvalue weighted by molar-refractivity contribution is -0.184. The fourth-order valence-electron chi connectivity index (χ4n) is 2.36. The molecule has 1 aromatic heterocycles. The fraction of sp³-hybridized carbons (Fsp3) is 0.500. The molecule has 2 heterocycles. The van der Waals surface area contributed by atoms with Crippen LogP contribution in [0.1, 0.15) is 12.8 Å². The Balaban J connectivity index is 2.08. The van der Waals surface area contributed by atoms with Crippen molar-refractivity contribution in [3.63, 3.8) is 0 Å². The third-order valence-corrected chi connectivity index (χ3v) is 3.76. The highest BCUT2D eigenvalue weighted by atomic mass is 16.7. The van der Waals surface area contributed by atoms with Crippen LogP contribution >= 0.6 is 0 Å². The number of carbonyl (C=O) groups excluding carboxylic acids is 2. The number of hydrogen-bond acceptors (Lipinski definition) is 11. The lowest BCUT2D eigenvalue weighted by atomic mass is 10.3. The van der Waals surface area contributed by atoms with Crippen LogP contribution in [0.5, 0.6) is 0 Å². The summed E-state index contributed by atoms with van der Waals surface area (Å²) in [6.45, 7) is 3.04. The maximum Gasteiger partial charge on any atom is 0.330 e. The van der Waals surface area contributed by atoms with Crippen LogP contribution in [0.4, 0.5) is 11.8 Å². The topological polar surface area (TPSA) is 171 Å². The molecule has 2 rings (SSSR count). The summed E-state index contributed by atoms with van der Waals surface area (Å²) < 4.78 is 9.54. The number of carboxylic acid groups (broad SMARTS) is 2. The van der Waals surface area contributed by atoms with Crippen LogP contribution < -0.4 is 10.2 Å². The summed E-state index contributed by atoms with van der Waals surface area (Å²) in [6.07, 6.45) is -2.25. The molecule has 1 aromatic rings. The lowest BCUT2D eigenvalue weighted by Gasteiger charge is -2.32. The van der Waals surface area contributed by atoms with Gasteiger partial charge in [0.1, 0.15) is 18.7 Å². The Kier molecular flexibility index (Phi) is 7.65. The molecule has 0 radical (unpaired) electrons. The van der Waals surface area contributed by atoms with Crippen LogP contribution in [-0.2, 0) is 28.7 Å². The average Bonchev–Trinajstić information content (AvgIpc) is 2.61. The standard InChI is InChI=1S/C16H21N5O8/c1-20-4-6-21(7-5-20)15-17-3-2-10(18-15)19-16(28-13(26)8-11(22)23)29-14(27)9-12(24)25/h2-3,16H,4-9H2,1H3,(H,22,23)(H,24,25)(H,17,18,19). The average molecular weight is 411 g/mol. The van der Waals surface area contributed by atoms with Crippen molar-refractivity contribution in [2.75, 3.05) is 43.4 Å². The number of likely N-dealkylation sites (N-methyl/N-ethyl adjacent to an activating group) is 1. The third kappa shape index (κ3) is 7.57. The molecule has 0 aromatic carbocycles. The summed E-state index contributed by atoms with van der Waals surface area (Å²) in [5.41, 5.74) is 0. The van der Waals surface area contributed by atoms with Gasteiger partial charge < -0.3 is 34.8 Å². The molecule has 13 nitrogen and oxygen atoms in total. The third-order valence-electron chi connectivity index (χ3n) is 3.76. The van der Waals surface area contributed by atoms with Crippen LogP contribution in [0, 0.1) is 0 Å². The van der Waals surface area contributed by atoms with Gasteiger partial charge >= 0.3 is 30.3 Å². The first-order valence-electron chi connectivity index (χ1n) is 8.58. The first-order valence-corrected chi connectivity index (χ1v) is 8.58. The molecule has 1 saturated heterocycles. The number of esters is 2. The predicted octanol–water partition coefficient (Wildman–Crippen LogP) is -1.04. The first-order chi connectivity index (χ1) is 13.7. The minimum atomic E-state index is -1.76. The Bertz CT molecular complexity index is 735. The highest BCUT2D eigenvalue weighted by molar-refractivity contribution is 5.91. The van der Waals surface area contributed by atoms with Gasteiger partial charge in [0.2, 0.25) is 5.95 Å². The van der Waals surface area contributed by atoms with Gasteiger partial charge in [0, 0.05) is 32.4 Å². The minimum Gasteiger partial charge on any atom is -0.481 e. The maximum atomic E-state index is 11.6. The molecule has 0 unspecified atom stereocenters. The second-order valence-electron chi connectivity index (χ2n) is 6.13. The molecule has 0 amide bonds.